The first-order valence-corrected chi connectivity index (χ1v) is 4.98. The number of hydrogen-bond donors (Lipinski definition) is 0. The molecule has 1 aromatic rings. The summed E-state index contributed by atoms with van der Waals surface area (Å²) in [6.45, 7) is 3.01. The molecule has 0 aromatic heterocycles. The van der Waals surface area contributed by atoms with E-state index in [4.69, 9.17) is 21.1 Å². The molecule has 0 aliphatic carbocycles. The van der Waals surface area contributed by atoms with Crippen LogP contribution < -0.4 is 4.74 Å². The van der Waals surface area contributed by atoms with Crippen LogP contribution in [0.5, 0.6) is 5.75 Å². The Morgan fingerprint density at radius 3 is 2.79 bits per heavy atom. The average Bonchev–Trinajstić information content (AvgIpc) is 2.15. The number of benzene rings is 1. The lowest BCUT2D eigenvalue weighted by Crippen LogP contribution is -2.17. The highest BCUT2D eigenvalue weighted by Crippen LogP contribution is 2.13. The molecule has 1 aromatic carbocycles. The summed E-state index contributed by atoms with van der Waals surface area (Å²) in [7, 11) is 1.63. The Morgan fingerprint density at radius 2 is 2.14 bits per heavy atom. The second-order valence-corrected chi connectivity index (χ2v) is 3.80. The molecule has 3 heteroatoms. The highest BCUT2D eigenvalue weighted by molar-refractivity contribution is 6.20. The molecule has 2 nitrogen and oxygen atoms in total. The number of halogens is 1. The lowest BCUT2D eigenvalue weighted by molar-refractivity contribution is 0.175. The van der Waals surface area contributed by atoms with Crippen molar-refractivity contribution in [3.8, 4) is 5.75 Å². The van der Waals surface area contributed by atoms with Gasteiger partial charge in [0.15, 0.2) is 0 Å². The molecule has 0 aliphatic rings. The maximum Gasteiger partial charge on any atom is 0.119 e. The minimum atomic E-state index is -0.0967. The summed E-state index contributed by atoms with van der Waals surface area (Å²) in [5, 5.41) is -0.0967. The van der Waals surface area contributed by atoms with E-state index in [1.54, 1.807) is 7.11 Å². The lowest BCUT2D eigenvalue weighted by Gasteiger charge is -2.10. The van der Waals surface area contributed by atoms with E-state index in [0.29, 0.717) is 13.2 Å². The number of methoxy groups -OCH3 is 1. The molecule has 0 amide bonds. The van der Waals surface area contributed by atoms with Crippen molar-refractivity contribution in [2.75, 3.05) is 20.3 Å². The third kappa shape index (κ3) is 3.99. The fourth-order valence-corrected chi connectivity index (χ4v) is 1.31. The number of aryl methyl sites for hydroxylation is 1. The van der Waals surface area contributed by atoms with Crippen LogP contribution in [0, 0.1) is 6.92 Å². The topological polar surface area (TPSA) is 18.5 Å². The fourth-order valence-electron chi connectivity index (χ4n) is 1.12. The highest BCUT2D eigenvalue weighted by Gasteiger charge is 2.04. The summed E-state index contributed by atoms with van der Waals surface area (Å²) in [6, 6.07) is 7.89. The second-order valence-electron chi connectivity index (χ2n) is 3.18. The van der Waals surface area contributed by atoms with Crippen LogP contribution in [-0.4, -0.2) is 25.7 Å². The van der Waals surface area contributed by atoms with Gasteiger partial charge in [-0.25, -0.2) is 0 Å². The van der Waals surface area contributed by atoms with Gasteiger partial charge < -0.3 is 9.47 Å². The molecule has 1 atom stereocenters. The predicted molar refractivity (Wildman–Crippen MR) is 58.2 cm³/mol. The first-order chi connectivity index (χ1) is 6.72. The van der Waals surface area contributed by atoms with Crippen molar-refractivity contribution < 1.29 is 9.47 Å². The van der Waals surface area contributed by atoms with Crippen molar-refractivity contribution in [3.63, 3.8) is 0 Å². The van der Waals surface area contributed by atoms with Crippen LogP contribution >= 0.6 is 11.6 Å². The number of alkyl halides is 1. The maximum atomic E-state index is 5.92. The van der Waals surface area contributed by atoms with E-state index in [9.17, 15) is 0 Å². The average molecular weight is 215 g/mol. The molecule has 78 valence electrons. The third-order valence-electron chi connectivity index (χ3n) is 1.77. The van der Waals surface area contributed by atoms with Gasteiger partial charge in [0.1, 0.15) is 12.4 Å². The van der Waals surface area contributed by atoms with Gasteiger partial charge in [-0.1, -0.05) is 12.1 Å². The van der Waals surface area contributed by atoms with Gasteiger partial charge in [-0.15, -0.1) is 11.6 Å². The molecular formula is C11H15ClO2. The minimum Gasteiger partial charge on any atom is -0.492 e. The zero-order valence-electron chi connectivity index (χ0n) is 8.50. The Balaban J connectivity index is 2.37. The van der Waals surface area contributed by atoms with Gasteiger partial charge in [0.05, 0.1) is 12.0 Å². The Bertz CT molecular complexity index is 276. The smallest absolute Gasteiger partial charge is 0.119 e. The van der Waals surface area contributed by atoms with Crippen LogP contribution in [0.15, 0.2) is 24.3 Å². The van der Waals surface area contributed by atoms with Gasteiger partial charge in [0.25, 0.3) is 0 Å². The number of hydrogen-bond acceptors (Lipinski definition) is 2. The fraction of sp³-hybridized carbons (Fsp3) is 0.455. The molecule has 0 fully saturated rings. The quantitative estimate of drug-likeness (QED) is 0.702. The molecule has 14 heavy (non-hydrogen) atoms. The highest BCUT2D eigenvalue weighted by atomic mass is 35.5. The van der Waals surface area contributed by atoms with Gasteiger partial charge in [0, 0.05) is 7.11 Å². The Labute approximate surface area is 89.8 Å². The summed E-state index contributed by atoms with van der Waals surface area (Å²) >= 11 is 5.92. The Morgan fingerprint density at radius 1 is 1.36 bits per heavy atom. The summed E-state index contributed by atoms with van der Waals surface area (Å²) in [4.78, 5) is 0. The van der Waals surface area contributed by atoms with E-state index >= 15 is 0 Å². The number of rotatable bonds is 5. The van der Waals surface area contributed by atoms with Gasteiger partial charge in [-0.05, 0) is 24.6 Å². The molecule has 0 saturated carbocycles. The SMILES string of the molecule is COCC(Cl)COc1cccc(C)c1. The molecular weight excluding hydrogens is 200 g/mol. The van der Waals surface area contributed by atoms with Crippen LogP contribution in [0.1, 0.15) is 5.56 Å². The summed E-state index contributed by atoms with van der Waals surface area (Å²) in [6.07, 6.45) is 0. The predicted octanol–water partition coefficient (Wildman–Crippen LogP) is 2.63. The first-order valence-electron chi connectivity index (χ1n) is 4.55. The van der Waals surface area contributed by atoms with E-state index in [0.717, 1.165) is 5.75 Å². The van der Waals surface area contributed by atoms with Crippen molar-refractivity contribution in [3.05, 3.63) is 29.8 Å². The van der Waals surface area contributed by atoms with Gasteiger partial charge in [0.2, 0.25) is 0 Å². The van der Waals surface area contributed by atoms with Crippen LogP contribution in [0.3, 0.4) is 0 Å². The molecule has 1 rings (SSSR count). The van der Waals surface area contributed by atoms with Crippen LogP contribution in [0.25, 0.3) is 0 Å². The molecule has 0 bridgehead atoms. The van der Waals surface area contributed by atoms with E-state index < -0.39 is 0 Å². The van der Waals surface area contributed by atoms with Gasteiger partial charge >= 0.3 is 0 Å². The normalized spacial score (nSPS) is 12.5. The molecule has 0 spiro atoms. The van der Waals surface area contributed by atoms with Gasteiger partial charge in [-0.2, -0.15) is 0 Å². The molecule has 1 unspecified atom stereocenters. The lowest BCUT2D eigenvalue weighted by atomic mass is 10.2. The summed E-state index contributed by atoms with van der Waals surface area (Å²) in [5.74, 6) is 0.853. The third-order valence-corrected chi connectivity index (χ3v) is 2.02. The molecule has 0 N–H and O–H groups in total. The molecule has 0 heterocycles. The van der Waals surface area contributed by atoms with Crippen molar-refractivity contribution in [1.29, 1.82) is 0 Å². The zero-order valence-corrected chi connectivity index (χ0v) is 9.25. The van der Waals surface area contributed by atoms with E-state index in [1.807, 2.05) is 31.2 Å². The summed E-state index contributed by atoms with van der Waals surface area (Å²) < 4.78 is 10.4. The first kappa shape index (κ1) is 11.3. The van der Waals surface area contributed by atoms with Crippen LogP contribution in [-0.2, 0) is 4.74 Å². The maximum absolute atomic E-state index is 5.92. The van der Waals surface area contributed by atoms with Crippen LogP contribution in [0.4, 0.5) is 0 Å². The van der Waals surface area contributed by atoms with Crippen LogP contribution in [0.2, 0.25) is 0 Å². The van der Waals surface area contributed by atoms with Crippen molar-refractivity contribution in [2.45, 2.75) is 12.3 Å². The molecule has 0 saturated heterocycles. The minimum absolute atomic E-state index is 0.0967. The molecule has 0 radical (unpaired) electrons. The number of ether oxygens (including phenoxy) is 2. The largest absolute Gasteiger partial charge is 0.492 e. The van der Waals surface area contributed by atoms with Crippen molar-refractivity contribution in [2.24, 2.45) is 0 Å². The van der Waals surface area contributed by atoms with E-state index in [1.165, 1.54) is 5.56 Å². The Hall–Kier alpha value is -0.730. The zero-order chi connectivity index (χ0) is 10.4. The van der Waals surface area contributed by atoms with E-state index in [2.05, 4.69) is 0 Å². The van der Waals surface area contributed by atoms with Crippen molar-refractivity contribution in [1.82, 2.24) is 0 Å². The standard InChI is InChI=1S/C11H15ClO2/c1-9-4-3-5-11(6-9)14-8-10(12)7-13-2/h3-6,10H,7-8H2,1-2H3. The second kappa shape index (κ2) is 5.89. The van der Waals surface area contributed by atoms with Gasteiger partial charge in [-0.3, -0.25) is 0 Å². The van der Waals surface area contributed by atoms with Crippen molar-refractivity contribution >= 4 is 11.6 Å². The van der Waals surface area contributed by atoms with E-state index in [-0.39, 0.29) is 5.38 Å². The monoisotopic (exact) mass is 214 g/mol. The molecule has 0 aliphatic heterocycles. The summed E-state index contributed by atoms with van der Waals surface area (Å²) in [5.41, 5.74) is 1.18. The Kier molecular flexibility index (Phi) is 4.77.